The average Bonchev–Trinajstić information content (AvgIpc) is 3.75. The van der Waals surface area contributed by atoms with E-state index in [1.807, 2.05) is 24.3 Å². The molecule has 3 heterocycles. The number of benzene rings is 4. The number of nitrogens with one attached hydrogen (secondary N) is 1. The average molecular weight is 542 g/mol. The first-order valence-corrected chi connectivity index (χ1v) is 12.5. The van der Waals surface area contributed by atoms with E-state index in [0.29, 0.717) is 22.8 Å². The summed E-state index contributed by atoms with van der Waals surface area (Å²) >= 11 is 0. The summed E-state index contributed by atoms with van der Waals surface area (Å²) in [7, 11) is 0. The van der Waals surface area contributed by atoms with E-state index in [1.54, 1.807) is 46.0 Å². The van der Waals surface area contributed by atoms with Gasteiger partial charge in [0, 0.05) is 32.9 Å². The molecular formula is C30H19N7O4. The first-order valence-electron chi connectivity index (χ1n) is 12.5. The van der Waals surface area contributed by atoms with E-state index < -0.39 is 11.9 Å². The summed E-state index contributed by atoms with van der Waals surface area (Å²) in [5.74, 6) is -1.97. The number of H-pyrrole nitrogens is 1. The van der Waals surface area contributed by atoms with E-state index in [1.165, 1.54) is 24.3 Å². The van der Waals surface area contributed by atoms with E-state index in [9.17, 15) is 9.59 Å². The third kappa shape index (κ3) is 4.27. The Labute approximate surface area is 230 Å². The van der Waals surface area contributed by atoms with E-state index in [0.717, 1.165) is 32.9 Å². The maximum absolute atomic E-state index is 11.1. The lowest BCUT2D eigenvalue weighted by molar-refractivity contribution is 0.0686. The highest BCUT2D eigenvalue weighted by molar-refractivity contribution is 6.09. The third-order valence-corrected chi connectivity index (χ3v) is 6.93. The molecule has 7 rings (SSSR count). The zero-order valence-corrected chi connectivity index (χ0v) is 21.1. The van der Waals surface area contributed by atoms with Crippen LogP contribution in [0.15, 0.2) is 97.3 Å². The molecule has 11 heteroatoms. The lowest BCUT2D eigenvalue weighted by atomic mass is 10.0. The molecule has 0 spiro atoms. The van der Waals surface area contributed by atoms with Crippen LogP contribution in [0.1, 0.15) is 20.7 Å². The van der Waals surface area contributed by atoms with E-state index in [4.69, 9.17) is 10.2 Å². The molecule has 0 aliphatic carbocycles. The number of carboxylic acid groups (broad SMARTS) is 2. The van der Waals surface area contributed by atoms with Crippen molar-refractivity contribution in [2.75, 3.05) is 0 Å². The molecule has 0 saturated heterocycles. The van der Waals surface area contributed by atoms with Crippen molar-refractivity contribution in [1.82, 2.24) is 35.0 Å². The van der Waals surface area contributed by atoms with Gasteiger partial charge in [0.25, 0.3) is 0 Å². The van der Waals surface area contributed by atoms with Crippen molar-refractivity contribution < 1.29 is 19.8 Å². The topological polar surface area (TPSA) is 152 Å². The van der Waals surface area contributed by atoms with Gasteiger partial charge in [-0.05, 0) is 72.8 Å². The van der Waals surface area contributed by atoms with Crippen molar-refractivity contribution in [2.24, 2.45) is 0 Å². The standard InChI is InChI=1S/C30H19N7O4/c38-29(39)17-1-7-21(8-2-17)36-15-27(32-34-36)19-5-11-25-23(13-19)24-14-20(6-12-26(24)31-25)28-16-37(35-33-28)22-9-3-18(4-10-22)30(40)41/h1-16,31H,(H,38,39)(H,40,41). The van der Waals surface area contributed by atoms with Crippen molar-refractivity contribution in [1.29, 1.82) is 0 Å². The number of rotatable bonds is 6. The van der Waals surface area contributed by atoms with Gasteiger partial charge >= 0.3 is 11.9 Å². The molecule has 198 valence electrons. The molecule has 0 amide bonds. The minimum absolute atomic E-state index is 0.204. The fourth-order valence-electron chi connectivity index (χ4n) is 4.77. The highest BCUT2D eigenvalue weighted by atomic mass is 16.4. The molecule has 7 aromatic rings. The monoisotopic (exact) mass is 541 g/mol. The zero-order valence-electron chi connectivity index (χ0n) is 21.1. The Balaban J connectivity index is 1.21. The number of hydrogen-bond donors (Lipinski definition) is 3. The second-order valence-corrected chi connectivity index (χ2v) is 9.45. The number of aromatic nitrogens is 7. The molecule has 41 heavy (non-hydrogen) atoms. The third-order valence-electron chi connectivity index (χ3n) is 6.93. The number of carbonyl (C=O) groups is 2. The van der Waals surface area contributed by atoms with Gasteiger partial charge in [-0.2, -0.15) is 0 Å². The number of aromatic carboxylic acids is 2. The Morgan fingerprint density at radius 3 is 1.39 bits per heavy atom. The second kappa shape index (κ2) is 9.27. The maximum atomic E-state index is 11.1. The van der Waals surface area contributed by atoms with Crippen LogP contribution in [0.25, 0.3) is 55.7 Å². The summed E-state index contributed by atoms with van der Waals surface area (Å²) in [5, 5.41) is 37.4. The number of fused-ring (bicyclic) bond motifs is 3. The lowest BCUT2D eigenvalue weighted by Gasteiger charge is -2.01. The number of nitrogens with zero attached hydrogens (tertiary/aromatic N) is 6. The molecule has 4 aromatic carbocycles. The van der Waals surface area contributed by atoms with Crippen LogP contribution in [0, 0.1) is 0 Å². The summed E-state index contributed by atoms with van der Waals surface area (Å²) in [5.41, 5.74) is 6.88. The largest absolute Gasteiger partial charge is 0.478 e. The minimum atomic E-state index is -0.983. The number of hydrogen-bond acceptors (Lipinski definition) is 6. The minimum Gasteiger partial charge on any atom is -0.478 e. The van der Waals surface area contributed by atoms with Crippen LogP contribution in [0.4, 0.5) is 0 Å². The molecule has 0 aliphatic heterocycles. The molecule has 0 atom stereocenters. The van der Waals surface area contributed by atoms with E-state index in [-0.39, 0.29) is 11.1 Å². The van der Waals surface area contributed by atoms with E-state index >= 15 is 0 Å². The van der Waals surface area contributed by atoms with Crippen molar-refractivity contribution in [3.63, 3.8) is 0 Å². The molecule has 11 nitrogen and oxygen atoms in total. The number of aromatic amines is 1. The van der Waals surface area contributed by atoms with Gasteiger partial charge in [-0.3, -0.25) is 0 Å². The molecule has 0 aliphatic rings. The molecule has 0 bridgehead atoms. The van der Waals surface area contributed by atoms with Gasteiger partial charge in [-0.15, -0.1) is 10.2 Å². The quantitative estimate of drug-likeness (QED) is 0.259. The van der Waals surface area contributed by atoms with Crippen LogP contribution in [0.2, 0.25) is 0 Å². The van der Waals surface area contributed by atoms with Crippen LogP contribution in [0.3, 0.4) is 0 Å². The lowest BCUT2D eigenvalue weighted by Crippen LogP contribution is -1.98. The Morgan fingerprint density at radius 2 is 1.00 bits per heavy atom. The Hall–Kier alpha value is -6.10. The first kappa shape index (κ1) is 24.0. The molecule has 0 fully saturated rings. The van der Waals surface area contributed by atoms with Gasteiger partial charge in [0.05, 0.1) is 34.9 Å². The Bertz CT molecular complexity index is 1960. The molecule has 3 aromatic heterocycles. The van der Waals surface area contributed by atoms with Crippen LogP contribution >= 0.6 is 0 Å². The zero-order chi connectivity index (χ0) is 28.1. The fraction of sp³-hybridized carbons (Fsp3) is 0. The summed E-state index contributed by atoms with van der Waals surface area (Å²) in [4.78, 5) is 25.7. The van der Waals surface area contributed by atoms with Gasteiger partial charge in [-0.25, -0.2) is 19.0 Å². The predicted octanol–water partition coefficient (Wildman–Crippen LogP) is 5.21. The number of carboxylic acids is 2. The van der Waals surface area contributed by atoms with Gasteiger partial charge in [0.15, 0.2) is 0 Å². The van der Waals surface area contributed by atoms with E-state index in [2.05, 4.69) is 37.7 Å². The van der Waals surface area contributed by atoms with Gasteiger partial charge < -0.3 is 15.2 Å². The second-order valence-electron chi connectivity index (χ2n) is 9.45. The van der Waals surface area contributed by atoms with Crippen molar-refractivity contribution in [3.05, 3.63) is 108 Å². The Morgan fingerprint density at radius 1 is 0.585 bits per heavy atom. The van der Waals surface area contributed by atoms with Gasteiger partial charge in [0.2, 0.25) is 0 Å². The summed E-state index contributed by atoms with van der Waals surface area (Å²) in [6.45, 7) is 0. The van der Waals surface area contributed by atoms with Crippen molar-refractivity contribution >= 4 is 33.7 Å². The summed E-state index contributed by atoms with van der Waals surface area (Å²) in [6.07, 6.45) is 3.61. The molecular weight excluding hydrogens is 522 g/mol. The van der Waals surface area contributed by atoms with Crippen LogP contribution in [-0.2, 0) is 0 Å². The van der Waals surface area contributed by atoms with Crippen LogP contribution < -0.4 is 0 Å². The predicted molar refractivity (Wildman–Crippen MR) is 150 cm³/mol. The smallest absolute Gasteiger partial charge is 0.335 e. The highest BCUT2D eigenvalue weighted by Crippen LogP contribution is 2.32. The Kier molecular flexibility index (Phi) is 5.42. The van der Waals surface area contributed by atoms with Gasteiger partial charge in [-0.1, -0.05) is 22.6 Å². The summed E-state index contributed by atoms with van der Waals surface area (Å²) < 4.78 is 3.22. The van der Waals surface area contributed by atoms with Crippen LogP contribution in [-0.4, -0.2) is 57.1 Å². The highest BCUT2D eigenvalue weighted by Gasteiger charge is 2.13. The molecule has 0 saturated carbocycles. The first-order chi connectivity index (χ1) is 19.9. The molecule has 3 N–H and O–H groups in total. The van der Waals surface area contributed by atoms with Gasteiger partial charge in [0.1, 0.15) is 11.4 Å². The van der Waals surface area contributed by atoms with Crippen molar-refractivity contribution in [2.45, 2.75) is 0 Å². The summed E-state index contributed by atoms with van der Waals surface area (Å²) in [6, 6.07) is 24.9. The normalized spacial score (nSPS) is 11.3. The van der Waals surface area contributed by atoms with Crippen LogP contribution in [0.5, 0.6) is 0 Å². The fourth-order valence-corrected chi connectivity index (χ4v) is 4.77. The maximum Gasteiger partial charge on any atom is 0.335 e. The SMILES string of the molecule is O=C(O)c1ccc(-n2cc(-c3ccc4[nH]c5ccc(-c6cn(-c7ccc(C(=O)O)cc7)nn6)cc5c4c3)nn2)cc1. The molecule has 0 unspecified atom stereocenters. The molecule has 0 radical (unpaired) electrons. The van der Waals surface area contributed by atoms with Crippen molar-refractivity contribution in [3.8, 4) is 33.9 Å².